The van der Waals surface area contributed by atoms with Crippen LogP contribution in [0, 0.1) is 13.8 Å². The lowest BCUT2D eigenvalue weighted by Gasteiger charge is -2.36. The van der Waals surface area contributed by atoms with Crippen LogP contribution >= 0.6 is 12.2 Å². The van der Waals surface area contributed by atoms with Gasteiger partial charge in [0.15, 0.2) is 5.11 Å². The molecular weight excluding hydrogens is 488 g/mol. The molecule has 1 aromatic carbocycles. The summed E-state index contributed by atoms with van der Waals surface area (Å²) in [5, 5.41) is 17.2. The van der Waals surface area contributed by atoms with Gasteiger partial charge in [-0.15, -0.1) is 0 Å². The highest BCUT2D eigenvalue weighted by atomic mass is 32.2. The van der Waals surface area contributed by atoms with Crippen molar-refractivity contribution in [3.8, 4) is 0 Å². The largest absolute Gasteiger partial charge is 0.390 e. The molecule has 3 aliphatic rings. The Morgan fingerprint density at radius 2 is 1.66 bits per heavy atom. The number of nitrogens with one attached hydrogen (secondary N) is 2. The van der Waals surface area contributed by atoms with Crippen LogP contribution in [0.25, 0.3) is 6.08 Å². The van der Waals surface area contributed by atoms with Crippen LogP contribution in [-0.4, -0.2) is 77.0 Å². The zero-order valence-electron chi connectivity index (χ0n) is 20.3. The van der Waals surface area contributed by atoms with Crippen molar-refractivity contribution < 1.29 is 23.1 Å². The number of amides is 2. The quantitative estimate of drug-likeness (QED) is 0.514. The van der Waals surface area contributed by atoms with Gasteiger partial charge in [0.05, 0.1) is 5.60 Å². The molecule has 0 bridgehead atoms. The molecule has 190 valence electrons. The maximum Gasteiger partial charge on any atom is 0.253 e. The van der Waals surface area contributed by atoms with Crippen molar-refractivity contribution in [1.29, 1.82) is 0 Å². The summed E-state index contributed by atoms with van der Waals surface area (Å²) in [5.74, 6) is -0.285. The molecule has 1 aromatic rings. The van der Waals surface area contributed by atoms with Crippen molar-refractivity contribution in [2.45, 2.75) is 57.6 Å². The molecule has 3 N–H and O–H groups in total. The van der Waals surface area contributed by atoms with Gasteiger partial charge in [-0.05, 0) is 93.6 Å². The fourth-order valence-corrected chi connectivity index (χ4v) is 6.44. The van der Waals surface area contributed by atoms with Gasteiger partial charge < -0.3 is 20.6 Å². The molecule has 0 saturated carbocycles. The summed E-state index contributed by atoms with van der Waals surface area (Å²) < 4.78 is 27.3. The molecule has 3 fully saturated rings. The molecule has 0 atom stereocenters. The molecule has 0 radical (unpaired) electrons. The number of aliphatic hydroxyl groups is 1. The number of nitrogens with zero attached hydrogens (tertiary/aromatic N) is 2. The van der Waals surface area contributed by atoms with Gasteiger partial charge in [0.1, 0.15) is 5.54 Å². The Morgan fingerprint density at radius 1 is 1.09 bits per heavy atom. The maximum atomic E-state index is 13.0. The Hall–Kier alpha value is -2.34. The molecule has 3 aliphatic heterocycles. The van der Waals surface area contributed by atoms with Gasteiger partial charge in [-0.25, -0.2) is 8.42 Å². The third kappa shape index (κ3) is 5.28. The van der Waals surface area contributed by atoms with Crippen LogP contribution < -0.4 is 10.6 Å². The molecular formula is C24H32N4O5S2. The zero-order chi connectivity index (χ0) is 25.6. The highest BCUT2D eigenvalue weighted by Crippen LogP contribution is 2.28. The topological polar surface area (TPSA) is 119 Å². The second-order valence-electron chi connectivity index (χ2n) is 10.0. The van der Waals surface area contributed by atoms with E-state index < -0.39 is 21.2 Å². The van der Waals surface area contributed by atoms with Crippen molar-refractivity contribution in [3.63, 3.8) is 0 Å². The van der Waals surface area contributed by atoms with Crippen LogP contribution in [0.5, 0.6) is 0 Å². The van der Waals surface area contributed by atoms with E-state index in [0.717, 1.165) is 16.7 Å². The fraction of sp³-hybridized carbons (Fsp3) is 0.542. The van der Waals surface area contributed by atoms with Crippen LogP contribution in [0.3, 0.4) is 0 Å². The smallest absolute Gasteiger partial charge is 0.253 e. The van der Waals surface area contributed by atoms with E-state index in [-0.39, 0.29) is 30.0 Å². The number of carbonyl (C=O) groups excluding carboxylic acids is 2. The average molecular weight is 521 g/mol. The molecule has 3 heterocycles. The van der Waals surface area contributed by atoms with Gasteiger partial charge in [-0.3, -0.25) is 9.59 Å². The van der Waals surface area contributed by atoms with E-state index >= 15 is 0 Å². The molecule has 35 heavy (non-hydrogen) atoms. The standard InChI is InChI=1S/C24H32N4O5S2/c1-16-14-18(20(29)27-9-5-23(3,31)6-10-27)15-17(2)19(16)4-13-35(32,33)28-11-7-24(8-12-28)21(30)25-22(34)26-24/h4,13-15,31H,5-12H2,1-3H3,(H2,25,26,30,34)/b13-4+. The molecule has 11 heteroatoms. The first-order chi connectivity index (χ1) is 16.3. The van der Waals surface area contributed by atoms with Gasteiger partial charge in [0.2, 0.25) is 10.0 Å². The Balaban J connectivity index is 1.45. The summed E-state index contributed by atoms with van der Waals surface area (Å²) in [7, 11) is -3.69. The molecule has 9 nitrogen and oxygen atoms in total. The molecule has 2 amide bonds. The first-order valence-electron chi connectivity index (χ1n) is 11.8. The van der Waals surface area contributed by atoms with E-state index in [1.807, 2.05) is 13.8 Å². The summed E-state index contributed by atoms with van der Waals surface area (Å²) in [6.45, 7) is 6.93. The van der Waals surface area contributed by atoms with E-state index in [9.17, 15) is 23.1 Å². The number of aryl methyl sites for hydroxylation is 2. The first-order valence-corrected chi connectivity index (χ1v) is 13.7. The van der Waals surface area contributed by atoms with Crippen molar-refractivity contribution >= 4 is 45.2 Å². The predicted octanol–water partition coefficient (Wildman–Crippen LogP) is 1.43. The predicted molar refractivity (Wildman–Crippen MR) is 137 cm³/mol. The number of benzene rings is 1. The summed E-state index contributed by atoms with van der Waals surface area (Å²) in [6.07, 6.45) is 3.34. The van der Waals surface area contributed by atoms with Crippen molar-refractivity contribution in [1.82, 2.24) is 19.8 Å². The van der Waals surface area contributed by atoms with Crippen LogP contribution in [0.15, 0.2) is 17.5 Å². The van der Waals surface area contributed by atoms with E-state index in [0.29, 0.717) is 44.3 Å². The summed E-state index contributed by atoms with van der Waals surface area (Å²) in [4.78, 5) is 27.0. The second kappa shape index (κ2) is 9.27. The van der Waals surface area contributed by atoms with Gasteiger partial charge in [0, 0.05) is 37.2 Å². The lowest BCUT2D eigenvalue weighted by Crippen LogP contribution is -2.55. The minimum Gasteiger partial charge on any atom is -0.390 e. The molecule has 0 aromatic heterocycles. The number of thiocarbonyl (C=S) groups is 1. The second-order valence-corrected chi connectivity index (χ2v) is 12.3. The van der Waals surface area contributed by atoms with Gasteiger partial charge in [0.25, 0.3) is 11.8 Å². The zero-order valence-corrected chi connectivity index (χ0v) is 21.9. The summed E-state index contributed by atoms with van der Waals surface area (Å²) in [5.41, 5.74) is 1.37. The highest BCUT2D eigenvalue weighted by molar-refractivity contribution is 7.92. The number of sulfonamides is 1. The third-order valence-corrected chi connectivity index (χ3v) is 9.09. The summed E-state index contributed by atoms with van der Waals surface area (Å²) >= 11 is 5.02. The molecule has 0 unspecified atom stereocenters. The van der Waals surface area contributed by atoms with Crippen LogP contribution in [0.2, 0.25) is 0 Å². The molecule has 4 rings (SSSR count). The monoisotopic (exact) mass is 520 g/mol. The maximum absolute atomic E-state index is 13.0. The number of rotatable bonds is 4. The Labute approximate surface area is 211 Å². The minimum atomic E-state index is -3.69. The lowest BCUT2D eigenvalue weighted by molar-refractivity contribution is -0.125. The van der Waals surface area contributed by atoms with E-state index in [4.69, 9.17) is 12.2 Å². The van der Waals surface area contributed by atoms with Crippen molar-refractivity contribution in [2.75, 3.05) is 26.2 Å². The Bertz CT molecular complexity index is 1170. The van der Waals surface area contributed by atoms with Gasteiger partial charge in [-0.2, -0.15) is 4.31 Å². The van der Waals surface area contributed by atoms with Gasteiger partial charge in [-0.1, -0.05) is 0 Å². The Morgan fingerprint density at radius 3 is 2.17 bits per heavy atom. The van der Waals surface area contributed by atoms with E-state index in [1.165, 1.54) is 9.71 Å². The molecule has 3 saturated heterocycles. The molecule has 0 aliphatic carbocycles. The Kier molecular flexibility index (Phi) is 6.82. The first kappa shape index (κ1) is 25.7. The summed E-state index contributed by atoms with van der Waals surface area (Å²) in [6, 6.07) is 3.57. The highest BCUT2D eigenvalue weighted by Gasteiger charge is 2.47. The number of likely N-dealkylation sites (tertiary alicyclic amines) is 1. The number of piperidine rings is 2. The van der Waals surface area contributed by atoms with Crippen molar-refractivity contribution in [2.24, 2.45) is 0 Å². The number of hydrogen-bond donors (Lipinski definition) is 3. The minimum absolute atomic E-state index is 0.0823. The van der Waals surface area contributed by atoms with Crippen molar-refractivity contribution in [3.05, 3.63) is 39.8 Å². The number of carbonyl (C=O) groups is 2. The molecule has 1 spiro atoms. The van der Waals surface area contributed by atoms with Gasteiger partial charge >= 0.3 is 0 Å². The fourth-order valence-electron chi connectivity index (χ4n) is 4.98. The normalized spacial score (nSPS) is 22.5. The van der Waals surface area contributed by atoms with E-state index in [1.54, 1.807) is 30.0 Å². The average Bonchev–Trinajstić information content (AvgIpc) is 3.05. The SMILES string of the molecule is Cc1cc(C(=O)N2CCC(C)(O)CC2)cc(C)c1/C=C/S(=O)(=O)N1CCC2(CC1)NC(=S)NC2=O. The van der Waals surface area contributed by atoms with Crippen LogP contribution in [0.1, 0.15) is 59.7 Å². The third-order valence-electron chi connectivity index (χ3n) is 7.33. The number of hydrogen-bond acceptors (Lipinski definition) is 6. The lowest BCUT2D eigenvalue weighted by atomic mass is 9.89. The van der Waals surface area contributed by atoms with Crippen LogP contribution in [-0.2, 0) is 14.8 Å². The van der Waals surface area contributed by atoms with E-state index in [2.05, 4.69) is 10.6 Å². The van der Waals surface area contributed by atoms with Crippen LogP contribution in [0.4, 0.5) is 0 Å².